The van der Waals surface area contributed by atoms with E-state index >= 15 is 0 Å². The lowest BCUT2D eigenvalue weighted by molar-refractivity contribution is 0.0644. The summed E-state index contributed by atoms with van der Waals surface area (Å²) in [6.07, 6.45) is 1.39. The first kappa shape index (κ1) is 19.1. The third kappa shape index (κ3) is 4.45. The Bertz CT molecular complexity index is 732. The number of rotatable bonds is 5. The maximum atomic E-state index is 13.1. The molecular formula is C19H26FN3O2. The molecule has 0 spiro atoms. The number of amides is 1. The van der Waals surface area contributed by atoms with Gasteiger partial charge in [0.2, 0.25) is 0 Å². The van der Waals surface area contributed by atoms with E-state index in [4.69, 9.17) is 4.74 Å². The van der Waals surface area contributed by atoms with Crippen LogP contribution >= 0.6 is 0 Å². The van der Waals surface area contributed by atoms with Crippen LogP contribution in [0.25, 0.3) is 0 Å². The smallest absolute Gasteiger partial charge is 0.255 e. The summed E-state index contributed by atoms with van der Waals surface area (Å²) in [5, 5.41) is 7.38. The number of nitrogens with zero attached hydrogens (tertiary/aromatic N) is 2. The SMILES string of the molecule is COC(c1ccc(F)cc1)C(C)NC(=O)c1cn(C(C)(C)C)nc1C. The molecule has 2 aromatic rings. The van der Waals surface area contributed by atoms with Gasteiger partial charge < -0.3 is 10.1 Å². The third-order valence-corrected chi connectivity index (χ3v) is 4.10. The predicted molar refractivity (Wildman–Crippen MR) is 95.0 cm³/mol. The number of nitrogens with one attached hydrogen (secondary N) is 1. The van der Waals surface area contributed by atoms with Crippen LogP contribution in [0, 0.1) is 12.7 Å². The van der Waals surface area contributed by atoms with Gasteiger partial charge in [-0.2, -0.15) is 5.10 Å². The molecule has 0 radical (unpaired) electrons. The number of aromatic nitrogens is 2. The van der Waals surface area contributed by atoms with Gasteiger partial charge in [-0.3, -0.25) is 9.48 Å². The molecule has 25 heavy (non-hydrogen) atoms. The van der Waals surface area contributed by atoms with Gasteiger partial charge in [-0.15, -0.1) is 0 Å². The molecule has 2 rings (SSSR count). The molecule has 2 atom stereocenters. The lowest BCUT2D eigenvalue weighted by Gasteiger charge is -2.24. The van der Waals surface area contributed by atoms with Crippen molar-refractivity contribution in [1.29, 1.82) is 0 Å². The Morgan fingerprint density at radius 3 is 2.36 bits per heavy atom. The lowest BCUT2D eigenvalue weighted by Crippen LogP contribution is -2.38. The van der Waals surface area contributed by atoms with Crippen molar-refractivity contribution in [1.82, 2.24) is 15.1 Å². The van der Waals surface area contributed by atoms with E-state index in [-0.39, 0.29) is 29.4 Å². The van der Waals surface area contributed by atoms with E-state index in [1.165, 1.54) is 12.1 Å². The number of carbonyl (C=O) groups excluding carboxylic acids is 1. The van der Waals surface area contributed by atoms with E-state index in [1.54, 1.807) is 30.1 Å². The first-order chi connectivity index (χ1) is 11.6. The van der Waals surface area contributed by atoms with Crippen LogP contribution < -0.4 is 5.32 Å². The summed E-state index contributed by atoms with van der Waals surface area (Å²) < 4.78 is 20.4. The van der Waals surface area contributed by atoms with Gasteiger partial charge in [-0.25, -0.2) is 4.39 Å². The molecule has 1 amide bonds. The quantitative estimate of drug-likeness (QED) is 0.899. The number of halogens is 1. The molecule has 1 aromatic heterocycles. The van der Waals surface area contributed by atoms with Gasteiger partial charge in [-0.05, 0) is 52.3 Å². The summed E-state index contributed by atoms with van der Waals surface area (Å²) >= 11 is 0. The van der Waals surface area contributed by atoms with Gasteiger partial charge in [0, 0.05) is 13.3 Å². The average Bonchev–Trinajstić information content (AvgIpc) is 2.92. The molecule has 0 aliphatic rings. The number of benzene rings is 1. The highest BCUT2D eigenvalue weighted by Crippen LogP contribution is 2.22. The summed E-state index contributed by atoms with van der Waals surface area (Å²) in [4.78, 5) is 12.6. The van der Waals surface area contributed by atoms with Crippen molar-refractivity contribution in [3.63, 3.8) is 0 Å². The minimum absolute atomic E-state index is 0.196. The second-order valence-corrected chi connectivity index (χ2v) is 7.21. The maximum Gasteiger partial charge on any atom is 0.255 e. The van der Waals surface area contributed by atoms with Crippen molar-refractivity contribution in [2.45, 2.75) is 52.3 Å². The molecular weight excluding hydrogens is 321 g/mol. The Morgan fingerprint density at radius 2 is 1.88 bits per heavy atom. The Hall–Kier alpha value is -2.21. The molecule has 6 heteroatoms. The van der Waals surface area contributed by atoms with Crippen molar-refractivity contribution < 1.29 is 13.9 Å². The van der Waals surface area contributed by atoms with E-state index in [1.807, 2.05) is 34.6 Å². The largest absolute Gasteiger partial charge is 0.375 e. The maximum absolute atomic E-state index is 13.1. The minimum Gasteiger partial charge on any atom is -0.375 e. The first-order valence-electron chi connectivity index (χ1n) is 8.29. The van der Waals surface area contributed by atoms with Crippen LogP contribution in [-0.4, -0.2) is 28.8 Å². The zero-order chi connectivity index (χ0) is 18.8. The van der Waals surface area contributed by atoms with E-state index in [9.17, 15) is 9.18 Å². The molecule has 5 nitrogen and oxygen atoms in total. The molecule has 1 heterocycles. The average molecular weight is 347 g/mol. The molecule has 136 valence electrons. The topological polar surface area (TPSA) is 56.1 Å². The number of hydrogen-bond donors (Lipinski definition) is 1. The number of methoxy groups -OCH3 is 1. The fraction of sp³-hybridized carbons (Fsp3) is 0.474. The van der Waals surface area contributed by atoms with Crippen LogP contribution in [0.2, 0.25) is 0 Å². The highest BCUT2D eigenvalue weighted by molar-refractivity contribution is 5.95. The summed E-state index contributed by atoms with van der Waals surface area (Å²) in [6, 6.07) is 5.80. The molecule has 0 fully saturated rings. The van der Waals surface area contributed by atoms with Crippen molar-refractivity contribution in [2.75, 3.05) is 7.11 Å². The molecule has 0 aliphatic carbocycles. The monoisotopic (exact) mass is 347 g/mol. The molecule has 0 saturated carbocycles. The second-order valence-electron chi connectivity index (χ2n) is 7.21. The fourth-order valence-corrected chi connectivity index (χ4v) is 2.67. The van der Waals surface area contributed by atoms with Crippen LogP contribution in [0.5, 0.6) is 0 Å². The standard InChI is InChI=1S/C19H26FN3O2/c1-12-16(11-23(22-12)19(3,4)5)18(24)21-13(2)17(25-6)14-7-9-15(20)10-8-14/h7-11,13,17H,1-6H3,(H,21,24). The Kier molecular flexibility index (Phi) is 5.62. The van der Waals surface area contributed by atoms with Crippen LogP contribution in [0.4, 0.5) is 4.39 Å². The third-order valence-electron chi connectivity index (χ3n) is 4.10. The summed E-state index contributed by atoms with van der Waals surface area (Å²) in [7, 11) is 1.57. The zero-order valence-electron chi connectivity index (χ0n) is 15.6. The van der Waals surface area contributed by atoms with Crippen LogP contribution in [0.15, 0.2) is 30.5 Å². The van der Waals surface area contributed by atoms with E-state index in [0.29, 0.717) is 11.3 Å². The van der Waals surface area contributed by atoms with Gasteiger partial charge in [-0.1, -0.05) is 12.1 Å². The van der Waals surface area contributed by atoms with Gasteiger partial charge in [0.05, 0.1) is 22.8 Å². The van der Waals surface area contributed by atoms with Gasteiger partial charge in [0.15, 0.2) is 0 Å². The summed E-state index contributed by atoms with van der Waals surface area (Å²) in [5.74, 6) is -0.509. The normalized spacial score (nSPS) is 14.2. The highest BCUT2D eigenvalue weighted by Gasteiger charge is 2.24. The van der Waals surface area contributed by atoms with E-state index in [2.05, 4.69) is 10.4 Å². The van der Waals surface area contributed by atoms with Crippen LogP contribution in [-0.2, 0) is 10.3 Å². The Balaban J connectivity index is 2.16. The van der Waals surface area contributed by atoms with Gasteiger partial charge in [0.1, 0.15) is 11.9 Å². The van der Waals surface area contributed by atoms with E-state index < -0.39 is 0 Å². The fourth-order valence-electron chi connectivity index (χ4n) is 2.67. The molecule has 1 aromatic carbocycles. The minimum atomic E-state index is -0.373. The molecule has 0 bridgehead atoms. The summed E-state index contributed by atoms with van der Waals surface area (Å²) in [6.45, 7) is 9.76. The number of ether oxygens (including phenoxy) is 1. The lowest BCUT2D eigenvalue weighted by atomic mass is 10.0. The highest BCUT2D eigenvalue weighted by atomic mass is 19.1. The second kappa shape index (κ2) is 7.35. The Morgan fingerprint density at radius 1 is 1.28 bits per heavy atom. The zero-order valence-corrected chi connectivity index (χ0v) is 15.6. The molecule has 0 saturated heterocycles. The first-order valence-corrected chi connectivity index (χ1v) is 8.29. The molecule has 1 N–H and O–H groups in total. The van der Waals surface area contributed by atoms with Crippen molar-refractivity contribution in [3.05, 3.63) is 53.1 Å². The number of carbonyl (C=O) groups is 1. The predicted octanol–water partition coefficient (Wildman–Crippen LogP) is 3.59. The van der Waals surface area contributed by atoms with Crippen molar-refractivity contribution >= 4 is 5.91 Å². The number of hydrogen-bond acceptors (Lipinski definition) is 3. The van der Waals surface area contributed by atoms with Crippen molar-refractivity contribution in [3.8, 4) is 0 Å². The van der Waals surface area contributed by atoms with Gasteiger partial charge in [0.25, 0.3) is 5.91 Å². The Labute approximate surface area is 148 Å². The molecule has 2 unspecified atom stereocenters. The van der Waals surface area contributed by atoms with Crippen molar-refractivity contribution in [2.24, 2.45) is 0 Å². The van der Waals surface area contributed by atoms with Crippen LogP contribution in [0.3, 0.4) is 0 Å². The van der Waals surface area contributed by atoms with E-state index in [0.717, 1.165) is 5.56 Å². The van der Waals surface area contributed by atoms with Gasteiger partial charge >= 0.3 is 0 Å². The summed E-state index contributed by atoms with van der Waals surface area (Å²) in [5.41, 5.74) is 1.82. The number of aryl methyl sites for hydroxylation is 1. The molecule has 0 aliphatic heterocycles. The van der Waals surface area contributed by atoms with Crippen LogP contribution in [0.1, 0.15) is 55.4 Å².